The zero-order valence-electron chi connectivity index (χ0n) is 14.9. The van der Waals surface area contributed by atoms with Crippen molar-refractivity contribution in [2.45, 2.75) is 38.4 Å². The Balaban J connectivity index is 1.81. The van der Waals surface area contributed by atoms with Crippen molar-refractivity contribution in [1.29, 1.82) is 0 Å². The minimum Gasteiger partial charge on any atom is -0.485 e. The zero-order chi connectivity index (χ0) is 18.5. The summed E-state index contributed by atoms with van der Waals surface area (Å²) in [5.41, 5.74) is -0.0714. The predicted octanol–water partition coefficient (Wildman–Crippen LogP) is 3.04. The van der Waals surface area contributed by atoms with Gasteiger partial charge in [0.2, 0.25) is 0 Å². The van der Waals surface area contributed by atoms with Crippen molar-refractivity contribution < 1.29 is 29.2 Å². The highest BCUT2D eigenvalue weighted by Gasteiger charge is 2.37. The number of rotatable bonds is 3. The molecule has 6 nitrogen and oxygen atoms in total. The highest BCUT2D eigenvalue weighted by Crippen LogP contribution is 2.58. The lowest BCUT2D eigenvalue weighted by Gasteiger charge is -2.30. The molecule has 4 rings (SSSR count). The smallest absolute Gasteiger partial charge is 0.181 e. The number of hydrogen-bond donors (Lipinski definition) is 2. The van der Waals surface area contributed by atoms with Gasteiger partial charge in [0.05, 0.1) is 27.8 Å². The summed E-state index contributed by atoms with van der Waals surface area (Å²) < 4.78 is 23.7. The minimum atomic E-state index is -0.601. The number of ether oxygens (including phenoxy) is 4. The van der Waals surface area contributed by atoms with E-state index in [-0.39, 0.29) is 18.6 Å². The van der Waals surface area contributed by atoms with Crippen LogP contribution in [0.3, 0.4) is 0 Å². The molecule has 0 amide bonds. The molecule has 142 valence electrons. The molecule has 0 spiro atoms. The average Bonchev–Trinajstić information content (AvgIpc) is 3.20. The summed E-state index contributed by atoms with van der Waals surface area (Å²) in [5, 5.41) is 20.9. The third kappa shape index (κ3) is 2.85. The predicted molar refractivity (Wildman–Crippen MR) is 100 cm³/mol. The lowest BCUT2D eigenvalue weighted by Crippen LogP contribution is -2.44. The molecule has 0 bridgehead atoms. The Morgan fingerprint density at radius 3 is 2.27 bits per heavy atom. The van der Waals surface area contributed by atoms with Crippen LogP contribution in [-0.4, -0.2) is 48.8 Å². The molecule has 26 heavy (non-hydrogen) atoms. The largest absolute Gasteiger partial charge is 0.485 e. The number of thiophene rings is 2. The fourth-order valence-electron chi connectivity index (χ4n) is 3.05. The van der Waals surface area contributed by atoms with Crippen molar-refractivity contribution in [2.75, 3.05) is 26.4 Å². The monoisotopic (exact) mass is 398 g/mol. The Bertz CT molecular complexity index is 803. The molecular weight excluding hydrogens is 376 g/mol. The maximum Gasteiger partial charge on any atom is 0.181 e. The van der Waals surface area contributed by atoms with Gasteiger partial charge in [-0.3, -0.25) is 0 Å². The molecule has 8 heteroatoms. The summed E-state index contributed by atoms with van der Waals surface area (Å²) in [6, 6.07) is 0. The van der Waals surface area contributed by atoms with E-state index in [1.807, 2.05) is 5.38 Å². The summed E-state index contributed by atoms with van der Waals surface area (Å²) in [4.78, 5) is 2.99. The third-order valence-electron chi connectivity index (χ3n) is 4.32. The van der Waals surface area contributed by atoms with E-state index in [9.17, 15) is 10.2 Å². The summed E-state index contributed by atoms with van der Waals surface area (Å²) in [5.74, 6) is 2.75. The Kier molecular flexibility index (Phi) is 4.54. The van der Waals surface area contributed by atoms with Crippen LogP contribution < -0.4 is 18.9 Å². The number of aliphatic hydroxyl groups is 2. The molecule has 2 N–H and O–H groups in total. The molecule has 2 aliphatic rings. The van der Waals surface area contributed by atoms with E-state index in [0.717, 1.165) is 26.1 Å². The van der Waals surface area contributed by atoms with Gasteiger partial charge in [0, 0.05) is 10.8 Å². The van der Waals surface area contributed by atoms with Crippen molar-refractivity contribution >= 4 is 22.7 Å². The van der Waals surface area contributed by atoms with Crippen molar-refractivity contribution in [3.8, 4) is 32.8 Å². The summed E-state index contributed by atoms with van der Waals surface area (Å²) in [6.45, 7) is 7.06. The van der Waals surface area contributed by atoms with E-state index in [0.29, 0.717) is 24.7 Å². The summed E-state index contributed by atoms with van der Waals surface area (Å²) >= 11 is 3.14. The maximum atomic E-state index is 9.57. The molecule has 2 aromatic rings. The summed E-state index contributed by atoms with van der Waals surface area (Å²) in [6.07, 6.45) is -1.17. The minimum absolute atomic E-state index is 0.0714. The van der Waals surface area contributed by atoms with Gasteiger partial charge in [-0.1, -0.05) is 20.8 Å². The Labute approximate surface area is 159 Å². The van der Waals surface area contributed by atoms with Crippen LogP contribution in [0, 0.1) is 0 Å². The van der Waals surface area contributed by atoms with Crippen molar-refractivity contribution in [1.82, 2.24) is 0 Å². The Hall–Kier alpha value is -1.48. The molecule has 0 aromatic carbocycles. The standard InChI is InChI=1S/C18H22O6S2/c1-18(2,3)17-14-13(21-4-5-22-14)16(26-17)15-12-11(8-25-15)23-9(6-19)10(7-20)24-12/h8-10,19-20H,4-7H2,1-3H3. The SMILES string of the molecule is CC(C)(C)c1sc(-c2scc3c2OC(CO)C(CO)O3)c2c1OCCO2. The van der Waals surface area contributed by atoms with Gasteiger partial charge in [-0.05, 0) is 0 Å². The fraction of sp³-hybridized carbons (Fsp3) is 0.556. The molecule has 2 aromatic heterocycles. The first-order valence-corrected chi connectivity index (χ1v) is 10.2. The maximum absolute atomic E-state index is 9.57. The van der Waals surface area contributed by atoms with Crippen LogP contribution >= 0.6 is 22.7 Å². The quantitative estimate of drug-likeness (QED) is 0.828. The van der Waals surface area contributed by atoms with Gasteiger partial charge in [0.1, 0.15) is 13.2 Å². The van der Waals surface area contributed by atoms with Gasteiger partial charge in [-0.25, -0.2) is 0 Å². The fourth-order valence-corrected chi connectivity index (χ4v) is 5.35. The van der Waals surface area contributed by atoms with E-state index < -0.39 is 12.2 Å². The van der Waals surface area contributed by atoms with Crippen molar-refractivity contribution in [3.63, 3.8) is 0 Å². The first-order chi connectivity index (χ1) is 12.4. The number of hydrogen-bond acceptors (Lipinski definition) is 8. The van der Waals surface area contributed by atoms with E-state index in [1.165, 1.54) is 11.3 Å². The molecule has 2 unspecified atom stereocenters. The molecule has 2 aliphatic heterocycles. The van der Waals surface area contributed by atoms with E-state index in [1.54, 1.807) is 11.3 Å². The lowest BCUT2D eigenvalue weighted by atomic mass is 9.94. The topological polar surface area (TPSA) is 77.4 Å². The molecule has 0 saturated carbocycles. The first-order valence-electron chi connectivity index (χ1n) is 8.53. The highest BCUT2D eigenvalue weighted by atomic mass is 32.1. The highest BCUT2D eigenvalue weighted by molar-refractivity contribution is 7.22. The third-order valence-corrected chi connectivity index (χ3v) is 7.00. The Morgan fingerprint density at radius 2 is 1.62 bits per heavy atom. The second kappa shape index (κ2) is 6.60. The van der Waals surface area contributed by atoms with Gasteiger partial charge in [-0.15, -0.1) is 22.7 Å². The van der Waals surface area contributed by atoms with Crippen LogP contribution in [0.15, 0.2) is 5.38 Å². The van der Waals surface area contributed by atoms with Gasteiger partial charge in [0.25, 0.3) is 0 Å². The van der Waals surface area contributed by atoms with Gasteiger partial charge >= 0.3 is 0 Å². The molecular formula is C18H22O6S2. The van der Waals surface area contributed by atoms with Crippen LogP contribution in [0.2, 0.25) is 0 Å². The lowest BCUT2D eigenvalue weighted by molar-refractivity contribution is -0.0339. The first kappa shape index (κ1) is 17.9. The van der Waals surface area contributed by atoms with Crippen molar-refractivity contribution in [2.24, 2.45) is 0 Å². The van der Waals surface area contributed by atoms with Crippen LogP contribution in [0.5, 0.6) is 23.0 Å². The van der Waals surface area contributed by atoms with Crippen LogP contribution in [0.4, 0.5) is 0 Å². The van der Waals surface area contributed by atoms with E-state index >= 15 is 0 Å². The van der Waals surface area contributed by atoms with Crippen LogP contribution in [0.1, 0.15) is 25.6 Å². The number of fused-ring (bicyclic) bond motifs is 2. The van der Waals surface area contributed by atoms with Gasteiger partial charge in [0.15, 0.2) is 35.2 Å². The van der Waals surface area contributed by atoms with Gasteiger partial charge < -0.3 is 29.2 Å². The molecule has 0 aliphatic carbocycles. The second-order valence-electron chi connectivity index (χ2n) is 7.30. The molecule has 2 atom stereocenters. The second-order valence-corrected chi connectivity index (χ2v) is 9.20. The molecule has 4 heterocycles. The van der Waals surface area contributed by atoms with Crippen molar-refractivity contribution in [3.05, 3.63) is 10.3 Å². The molecule has 0 saturated heterocycles. The number of aliphatic hydroxyl groups excluding tert-OH is 2. The average molecular weight is 399 g/mol. The van der Waals surface area contributed by atoms with Gasteiger partial charge in [-0.2, -0.15) is 0 Å². The van der Waals surface area contributed by atoms with E-state index in [2.05, 4.69) is 20.8 Å². The Morgan fingerprint density at radius 1 is 0.962 bits per heavy atom. The van der Waals surface area contributed by atoms with E-state index in [4.69, 9.17) is 18.9 Å². The molecule has 0 fully saturated rings. The normalized spacial score (nSPS) is 21.7. The van der Waals surface area contributed by atoms with Crippen LogP contribution in [-0.2, 0) is 5.41 Å². The molecule has 0 radical (unpaired) electrons. The van der Waals surface area contributed by atoms with Crippen LogP contribution in [0.25, 0.3) is 9.75 Å². The zero-order valence-corrected chi connectivity index (χ0v) is 16.5. The summed E-state index contributed by atoms with van der Waals surface area (Å²) in [7, 11) is 0.